The van der Waals surface area contributed by atoms with Crippen LogP contribution in [0, 0.1) is 11.3 Å². The van der Waals surface area contributed by atoms with Gasteiger partial charge in [-0.1, -0.05) is 30.7 Å². The molecule has 0 radical (unpaired) electrons. The van der Waals surface area contributed by atoms with Gasteiger partial charge in [-0.05, 0) is 53.6 Å². The second-order valence-corrected chi connectivity index (χ2v) is 4.75. The third kappa shape index (κ3) is 2.67. The third-order valence-electron chi connectivity index (χ3n) is 3.51. The van der Waals surface area contributed by atoms with Crippen molar-refractivity contribution >= 4 is 22.4 Å². The first kappa shape index (κ1) is 14.1. The van der Waals surface area contributed by atoms with Gasteiger partial charge >= 0.3 is 0 Å². The summed E-state index contributed by atoms with van der Waals surface area (Å²) in [7, 11) is 0. The number of hydrogen-bond donors (Lipinski definition) is 0. The number of nitriles is 1. The molecule has 0 unspecified atom stereocenters. The van der Waals surface area contributed by atoms with Crippen molar-refractivity contribution in [1.82, 2.24) is 0 Å². The molecule has 0 N–H and O–H groups in total. The van der Waals surface area contributed by atoms with Gasteiger partial charge in [0.2, 0.25) is 0 Å². The highest BCUT2D eigenvalue weighted by Crippen LogP contribution is 2.18. The van der Waals surface area contributed by atoms with Crippen LogP contribution in [0.3, 0.4) is 0 Å². The van der Waals surface area contributed by atoms with Gasteiger partial charge in [-0.25, -0.2) is 0 Å². The molecule has 0 saturated heterocycles. The average Bonchev–Trinajstić information content (AvgIpc) is 2.47. The fourth-order valence-electron chi connectivity index (χ4n) is 2.42. The first-order valence-corrected chi connectivity index (χ1v) is 6.96. The summed E-state index contributed by atoms with van der Waals surface area (Å²) in [5, 5.41) is 13.4. The number of rotatable bonds is 3. The van der Waals surface area contributed by atoms with E-state index in [1.807, 2.05) is 25.1 Å². The van der Waals surface area contributed by atoms with Gasteiger partial charge < -0.3 is 4.74 Å². The summed E-state index contributed by atoms with van der Waals surface area (Å²) in [6.07, 6.45) is 2.59. The third-order valence-corrected chi connectivity index (χ3v) is 3.51. The predicted octanol–water partition coefficient (Wildman–Crippen LogP) is 3.12. The van der Waals surface area contributed by atoms with Crippen molar-refractivity contribution in [2.45, 2.75) is 27.2 Å². The van der Waals surface area contributed by atoms with E-state index >= 15 is 0 Å². The molecule has 2 rings (SSSR count). The molecule has 0 fully saturated rings. The Labute approximate surface area is 119 Å². The minimum absolute atomic E-state index is 0.665. The lowest BCUT2D eigenvalue weighted by Crippen LogP contribution is -2.27. The summed E-state index contributed by atoms with van der Waals surface area (Å²) < 4.78 is 5.55. The lowest BCUT2D eigenvalue weighted by molar-refractivity contribution is 0.341. The minimum Gasteiger partial charge on any atom is -0.494 e. The zero-order valence-electron chi connectivity index (χ0n) is 12.2. The van der Waals surface area contributed by atoms with Crippen LogP contribution in [-0.2, 0) is 0 Å². The zero-order valence-corrected chi connectivity index (χ0v) is 12.2. The molecule has 102 valence electrons. The number of benzene rings is 2. The van der Waals surface area contributed by atoms with Gasteiger partial charge in [-0.3, -0.25) is 0 Å². The highest BCUT2D eigenvalue weighted by molar-refractivity contribution is 5.86. The largest absolute Gasteiger partial charge is 0.494 e. The fraction of sp³-hybridized carbons (Fsp3) is 0.278. The summed E-state index contributed by atoms with van der Waals surface area (Å²) >= 11 is 0. The predicted molar refractivity (Wildman–Crippen MR) is 83.8 cm³/mol. The maximum absolute atomic E-state index is 8.95. The second-order valence-electron chi connectivity index (χ2n) is 4.75. The van der Waals surface area contributed by atoms with Crippen LogP contribution in [0.5, 0.6) is 5.75 Å². The Balaban J connectivity index is 2.88. The van der Waals surface area contributed by atoms with Crippen molar-refractivity contribution in [2.75, 3.05) is 6.61 Å². The Morgan fingerprint density at radius 3 is 2.70 bits per heavy atom. The van der Waals surface area contributed by atoms with Gasteiger partial charge in [0.1, 0.15) is 5.75 Å². The van der Waals surface area contributed by atoms with Crippen molar-refractivity contribution in [3.8, 4) is 11.8 Å². The Kier molecular flexibility index (Phi) is 4.42. The summed E-state index contributed by atoms with van der Waals surface area (Å²) in [4.78, 5) is 0. The van der Waals surface area contributed by atoms with Gasteiger partial charge in [0.25, 0.3) is 0 Å². The van der Waals surface area contributed by atoms with Gasteiger partial charge in [-0.2, -0.15) is 5.26 Å². The molecule has 20 heavy (non-hydrogen) atoms. The van der Waals surface area contributed by atoms with E-state index in [1.54, 1.807) is 6.08 Å². The zero-order chi connectivity index (χ0) is 14.5. The van der Waals surface area contributed by atoms with Crippen molar-refractivity contribution < 1.29 is 4.74 Å². The van der Waals surface area contributed by atoms with E-state index in [9.17, 15) is 0 Å². The van der Waals surface area contributed by atoms with E-state index in [4.69, 9.17) is 10.00 Å². The highest BCUT2D eigenvalue weighted by atomic mass is 16.5. The number of nitrogens with zero attached hydrogens (tertiary/aromatic N) is 1. The van der Waals surface area contributed by atoms with Crippen LogP contribution in [0.4, 0.5) is 0 Å². The average molecular weight is 265 g/mol. The Hall–Kier alpha value is -2.27. The van der Waals surface area contributed by atoms with Crippen LogP contribution in [-0.4, -0.2) is 6.61 Å². The molecule has 0 atom stereocenters. The maximum Gasteiger partial charge on any atom is 0.119 e. The van der Waals surface area contributed by atoms with Gasteiger partial charge in [-0.15, -0.1) is 0 Å². The molecule has 0 aliphatic carbocycles. The summed E-state index contributed by atoms with van der Waals surface area (Å²) in [5.41, 5.74) is 1.29. The summed E-state index contributed by atoms with van der Waals surface area (Å²) in [5.74, 6) is 0.886. The van der Waals surface area contributed by atoms with Crippen LogP contribution >= 0.6 is 0 Å². The molecule has 0 spiro atoms. The lowest BCUT2D eigenvalue weighted by atomic mass is 10.0. The molecule has 0 bridgehead atoms. The smallest absolute Gasteiger partial charge is 0.119 e. The Bertz CT molecular complexity index is 781. The molecule has 0 aliphatic rings. The normalized spacial score (nSPS) is 13.2. The minimum atomic E-state index is 0.665. The molecule has 0 aromatic heterocycles. The SMILES string of the molecule is CCOc1ccc2c(=C(\C)CC)/c(=C/C#N)ccc2c1. The molecular formula is C18H19NO. The first-order valence-electron chi connectivity index (χ1n) is 6.96. The molecular weight excluding hydrogens is 246 g/mol. The standard InChI is InChI=1S/C18H19NO/c1-4-13(3)18-14(10-11-19)6-7-15-12-16(20-5-2)8-9-17(15)18/h6-10,12H,4-5H2,1-3H3/b14-10+,18-13+. The second kappa shape index (κ2) is 6.25. The van der Waals surface area contributed by atoms with E-state index in [0.717, 1.165) is 22.8 Å². The molecule has 0 heterocycles. The maximum atomic E-state index is 8.95. The van der Waals surface area contributed by atoms with Gasteiger partial charge in [0.05, 0.1) is 12.7 Å². The summed E-state index contributed by atoms with van der Waals surface area (Å²) in [6, 6.07) is 12.3. The number of hydrogen-bond acceptors (Lipinski definition) is 2. The van der Waals surface area contributed by atoms with Crippen LogP contribution in [0.25, 0.3) is 22.4 Å². The van der Waals surface area contributed by atoms with Gasteiger partial charge in [0, 0.05) is 6.08 Å². The van der Waals surface area contributed by atoms with Crippen LogP contribution in [0.2, 0.25) is 0 Å². The first-order chi connectivity index (χ1) is 9.71. The molecule has 2 nitrogen and oxygen atoms in total. The van der Waals surface area contributed by atoms with Crippen molar-refractivity contribution in [1.29, 1.82) is 5.26 Å². The highest BCUT2D eigenvalue weighted by Gasteiger charge is 2.02. The van der Waals surface area contributed by atoms with Crippen molar-refractivity contribution in [3.05, 3.63) is 40.8 Å². The monoisotopic (exact) mass is 265 g/mol. The van der Waals surface area contributed by atoms with Crippen molar-refractivity contribution in [3.63, 3.8) is 0 Å². The molecule has 0 amide bonds. The van der Waals surface area contributed by atoms with E-state index in [2.05, 4.69) is 32.0 Å². The molecule has 2 aromatic rings. The molecule has 2 heteroatoms. The van der Waals surface area contributed by atoms with E-state index < -0.39 is 0 Å². The van der Waals surface area contributed by atoms with Gasteiger partial charge in [0.15, 0.2) is 0 Å². The van der Waals surface area contributed by atoms with Crippen LogP contribution in [0.15, 0.2) is 30.3 Å². The van der Waals surface area contributed by atoms with Crippen LogP contribution < -0.4 is 15.2 Å². The van der Waals surface area contributed by atoms with E-state index in [0.29, 0.717) is 6.61 Å². The fourth-order valence-corrected chi connectivity index (χ4v) is 2.42. The number of ether oxygens (including phenoxy) is 1. The Morgan fingerprint density at radius 1 is 1.25 bits per heavy atom. The molecule has 2 aromatic carbocycles. The lowest BCUT2D eigenvalue weighted by Gasteiger charge is -2.07. The number of fused-ring (bicyclic) bond motifs is 1. The topological polar surface area (TPSA) is 33.0 Å². The molecule has 0 saturated carbocycles. The molecule has 0 aliphatic heterocycles. The Morgan fingerprint density at radius 2 is 2.05 bits per heavy atom. The van der Waals surface area contributed by atoms with E-state index in [-0.39, 0.29) is 0 Å². The van der Waals surface area contributed by atoms with E-state index in [1.165, 1.54) is 16.2 Å². The van der Waals surface area contributed by atoms with Crippen molar-refractivity contribution in [2.24, 2.45) is 0 Å². The summed E-state index contributed by atoms with van der Waals surface area (Å²) in [6.45, 7) is 6.91. The quantitative estimate of drug-likeness (QED) is 0.854. The van der Waals surface area contributed by atoms with Crippen LogP contribution in [0.1, 0.15) is 27.2 Å².